The quantitative estimate of drug-likeness (QED) is 0.807. The summed E-state index contributed by atoms with van der Waals surface area (Å²) in [6, 6.07) is 12.0. The van der Waals surface area contributed by atoms with Crippen molar-refractivity contribution in [2.24, 2.45) is 0 Å². The monoisotopic (exact) mass is 350 g/mol. The molecule has 1 atom stereocenters. The Kier molecular flexibility index (Phi) is 4.96. The maximum atomic E-state index is 13.1. The van der Waals surface area contributed by atoms with E-state index in [1.54, 1.807) is 0 Å². The molecule has 0 fully saturated rings. The van der Waals surface area contributed by atoms with Crippen LogP contribution >= 0.6 is 15.9 Å². The van der Waals surface area contributed by atoms with E-state index in [9.17, 15) is 9.18 Å². The summed E-state index contributed by atoms with van der Waals surface area (Å²) in [5.41, 5.74) is 7.09. The number of benzene rings is 2. The van der Waals surface area contributed by atoms with Crippen LogP contribution in [-0.2, 0) is 4.79 Å². The van der Waals surface area contributed by atoms with Gasteiger partial charge in [0, 0.05) is 16.6 Å². The van der Waals surface area contributed by atoms with Gasteiger partial charge in [0.1, 0.15) is 5.82 Å². The molecular formula is C16H16BrFN2O. The van der Waals surface area contributed by atoms with Gasteiger partial charge in [-0.15, -0.1) is 0 Å². The molecule has 0 aliphatic heterocycles. The Morgan fingerprint density at radius 1 is 1.29 bits per heavy atom. The molecule has 0 aromatic heterocycles. The largest absolute Gasteiger partial charge is 0.396 e. The van der Waals surface area contributed by atoms with Crippen LogP contribution in [0.2, 0.25) is 0 Å². The average Bonchev–Trinajstić information content (AvgIpc) is 2.43. The SMILES string of the molecule is CC(CC(=O)Nc1ccc(F)c(N)c1)c1ccc(Br)cc1. The van der Waals surface area contributed by atoms with Gasteiger partial charge in [-0.25, -0.2) is 4.39 Å². The summed E-state index contributed by atoms with van der Waals surface area (Å²) in [5.74, 6) is -0.524. The third-order valence-electron chi connectivity index (χ3n) is 3.21. The lowest BCUT2D eigenvalue weighted by Gasteiger charge is -2.12. The number of nitrogen functional groups attached to an aromatic ring is 1. The van der Waals surface area contributed by atoms with Gasteiger partial charge >= 0.3 is 0 Å². The van der Waals surface area contributed by atoms with Crippen LogP contribution in [0, 0.1) is 5.82 Å². The molecular weight excluding hydrogens is 335 g/mol. The molecule has 2 aromatic carbocycles. The Morgan fingerprint density at radius 2 is 1.95 bits per heavy atom. The van der Waals surface area contributed by atoms with Crippen LogP contribution < -0.4 is 11.1 Å². The van der Waals surface area contributed by atoms with E-state index in [1.165, 1.54) is 18.2 Å². The number of hydrogen-bond acceptors (Lipinski definition) is 2. The highest BCUT2D eigenvalue weighted by Gasteiger charge is 2.12. The summed E-state index contributed by atoms with van der Waals surface area (Å²) >= 11 is 3.38. The normalized spacial score (nSPS) is 12.0. The highest BCUT2D eigenvalue weighted by Crippen LogP contribution is 2.22. The highest BCUT2D eigenvalue weighted by atomic mass is 79.9. The molecule has 3 nitrogen and oxygen atoms in total. The summed E-state index contributed by atoms with van der Waals surface area (Å²) in [4.78, 5) is 12.0. The third kappa shape index (κ3) is 4.29. The first-order valence-corrected chi connectivity index (χ1v) is 7.35. The number of nitrogens with two attached hydrogens (primary N) is 1. The van der Waals surface area contributed by atoms with E-state index in [0.717, 1.165) is 10.0 Å². The Labute approximate surface area is 131 Å². The van der Waals surface area contributed by atoms with Crippen LogP contribution in [0.5, 0.6) is 0 Å². The fourth-order valence-electron chi connectivity index (χ4n) is 2.02. The van der Waals surface area contributed by atoms with Gasteiger partial charge < -0.3 is 11.1 Å². The standard InChI is InChI=1S/C16H16BrFN2O/c1-10(11-2-4-12(17)5-3-11)8-16(21)20-13-6-7-14(18)15(19)9-13/h2-7,9-10H,8,19H2,1H3,(H,20,21). The van der Waals surface area contributed by atoms with Crippen molar-refractivity contribution < 1.29 is 9.18 Å². The molecule has 0 aliphatic rings. The minimum Gasteiger partial charge on any atom is -0.396 e. The van der Waals surface area contributed by atoms with Crippen LogP contribution in [0.25, 0.3) is 0 Å². The molecule has 0 radical (unpaired) electrons. The average molecular weight is 351 g/mol. The predicted molar refractivity (Wildman–Crippen MR) is 86.6 cm³/mol. The topological polar surface area (TPSA) is 55.1 Å². The number of carbonyl (C=O) groups is 1. The number of anilines is 2. The zero-order valence-electron chi connectivity index (χ0n) is 11.6. The Bertz CT molecular complexity index is 643. The number of hydrogen-bond donors (Lipinski definition) is 2. The number of carbonyl (C=O) groups excluding carboxylic acids is 1. The van der Waals surface area contributed by atoms with Crippen LogP contribution in [0.3, 0.4) is 0 Å². The molecule has 0 aliphatic carbocycles. The summed E-state index contributed by atoms with van der Waals surface area (Å²) in [7, 11) is 0. The zero-order valence-corrected chi connectivity index (χ0v) is 13.2. The second-order valence-corrected chi connectivity index (χ2v) is 5.86. The summed E-state index contributed by atoms with van der Waals surface area (Å²) in [6.45, 7) is 1.99. The molecule has 0 spiro atoms. The predicted octanol–water partition coefficient (Wildman–Crippen LogP) is 4.30. The minimum atomic E-state index is -0.490. The Hall–Kier alpha value is -1.88. The van der Waals surface area contributed by atoms with Crippen molar-refractivity contribution in [2.75, 3.05) is 11.1 Å². The summed E-state index contributed by atoms with van der Waals surface area (Å²) in [5, 5.41) is 2.73. The molecule has 2 rings (SSSR count). The fourth-order valence-corrected chi connectivity index (χ4v) is 2.29. The number of amides is 1. The van der Waals surface area contributed by atoms with E-state index in [-0.39, 0.29) is 17.5 Å². The van der Waals surface area contributed by atoms with E-state index < -0.39 is 5.82 Å². The molecule has 110 valence electrons. The lowest BCUT2D eigenvalue weighted by Crippen LogP contribution is -2.14. The van der Waals surface area contributed by atoms with Crippen LogP contribution in [0.4, 0.5) is 15.8 Å². The Balaban J connectivity index is 1.97. The molecule has 0 saturated heterocycles. The first kappa shape index (κ1) is 15.5. The molecule has 2 aromatic rings. The van der Waals surface area contributed by atoms with Gasteiger partial charge in [-0.1, -0.05) is 35.0 Å². The van der Waals surface area contributed by atoms with Gasteiger partial charge in [-0.2, -0.15) is 0 Å². The van der Waals surface area contributed by atoms with Crippen LogP contribution in [0.15, 0.2) is 46.9 Å². The first-order valence-electron chi connectivity index (χ1n) is 6.56. The van der Waals surface area contributed by atoms with Crippen molar-refractivity contribution in [1.82, 2.24) is 0 Å². The summed E-state index contributed by atoms with van der Waals surface area (Å²) in [6.07, 6.45) is 0.346. The van der Waals surface area contributed by atoms with Crippen molar-refractivity contribution in [3.8, 4) is 0 Å². The highest BCUT2D eigenvalue weighted by molar-refractivity contribution is 9.10. The maximum absolute atomic E-state index is 13.1. The van der Waals surface area contributed by atoms with Gasteiger partial charge in [-0.05, 0) is 41.8 Å². The van der Waals surface area contributed by atoms with Crippen LogP contribution in [-0.4, -0.2) is 5.91 Å². The van der Waals surface area contributed by atoms with E-state index in [4.69, 9.17) is 5.73 Å². The van der Waals surface area contributed by atoms with Crippen molar-refractivity contribution in [3.05, 3.63) is 58.3 Å². The molecule has 0 heterocycles. The number of halogens is 2. The van der Waals surface area contributed by atoms with Gasteiger partial charge in [0.15, 0.2) is 0 Å². The van der Waals surface area contributed by atoms with Crippen molar-refractivity contribution in [3.63, 3.8) is 0 Å². The van der Waals surface area contributed by atoms with E-state index in [0.29, 0.717) is 12.1 Å². The van der Waals surface area contributed by atoms with Crippen molar-refractivity contribution >= 4 is 33.2 Å². The van der Waals surface area contributed by atoms with E-state index in [1.807, 2.05) is 31.2 Å². The zero-order chi connectivity index (χ0) is 15.4. The molecule has 0 bridgehead atoms. The lowest BCUT2D eigenvalue weighted by atomic mass is 9.97. The van der Waals surface area contributed by atoms with Crippen LogP contribution in [0.1, 0.15) is 24.8 Å². The molecule has 5 heteroatoms. The maximum Gasteiger partial charge on any atom is 0.224 e. The van der Waals surface area contributed by atoms with Gasteiger partial charge in [-0.3, -0.25) is 4.79 Å². The third-order valence-corrected chi connectivity index (χ3v) is 3.74. The second kappa shape index (κ2) is 6.72. The molecule has 3 N–H and O–H groups in total. The minimum absolute atomic E-state index is 0.0220. The van der Waals surface area contributed by atoms with Crippen molar-refractivity contribution in [1.29, 1.82) is 0 Å². The molecule has 1 unspecified atom stereocenters. The summed E-state index contributed by atoms with van der Waals surface area (Å²) < 4.78 is 14.1. The van der Waals surface area contributed by atoms with E-state index >= 15 is 0 Å². The van der Waals surface area contributed by atoms with E-state index in [2.05, 4.69) is 21.2 Å². The van der Waals surface area contributed by atoms with Gasteiger partial charge in [0.05, 0.1) is 5.69 Å². The van der Waals surface area contributed by atoms with Gasteiger partial charge in [0.25, 0.3) is 0 Å². The fraction of sp³-hybridized carbons (Fsp3) is 0.188. The number of nitrogens with one attached hydrogen (secondary N) is 1. The number of rotatable bonds is 4. The second-order valence-electron chi connectivity index (χ2n) is 4.94. The van der Waals surface area contributed by atoms with Crippen molar-refractivity contribution in [2.45, 2.75) is 19.3 Å². The van der Waals surface area contributed by atoms with Gasteiger partial charge in [0.2, 0.25) is 5.91 Å². The molecule has 0 saturated carbocycles. The first-order chi connectivity index (χ1) is 9.95. The molecule has 21 heavy (non-hydrogen) atoms. The molecule has 1 amide bonds. The smallest absolute Gasteiger partial charge is 0.224 e. The Morgan fingerprint density at radius 3 is 2.57 bits per heavy atom. The lowest BCUT2D eigenvalue weighted by molar-refractivity contribution is -0.116.